The van der Waals surface area contributed by atoms with Gasteiger partial charge < -0.3 is 14.4 Å². The molecule has 0 fully saturated rings. The number of aromatic nitrogens is 2. The van der Waals surface area contributed by atoms with Gasteiger partial charge in [-0.05, 0) is 30.2 Å². The fraction of sp³-hybridized carbons (Fsp3) is 0.412. The maximum Gasteiger partial charge on any atom is 0.274 e. The molecule has 1 N–H and O–H groups in total. The minimum Gasteiger partial charge on any atom is -0.497 e. The van der Waals surface area contributed by atoms with Crippen LogP contribution in [-0.4, -0.2) is 48.4 Å². The van der Waals surface area contributed by atoms with E-state index in [1.54, 1.807) is 25.2 Å². The summed E-state index contributed by atoms with van der Waals surface area (Å²) in [6.45, 7) is 3.50. The molecular formula is C17H23N3O3. The van der Waals surface area contributed by atoms with Crippen LogP contribution in [0.3, 0.4) is 0 Å². The van der Waals surface area contributed by atoms with Crippen molar-refractivity contribution in [2.24, 2.45) is 0 Å². The van der Waals surface area contributed by atoms with Crippen molar-refractivity contribution in [3.8, 4) is 5.75 Å². The van der Waals surface area contributed by atoms with Gasteiger partial charge in [0.2, 0.25) is 0 Å². The summed E-state index contributed by atoms with van der Waals surface area (Å²) in [4.78, 5) is 14.4. The summed E-state index contributed by atoms with van der Waals surface area (Å²) in [5, 5.41) is 6.99. The van der Waals surface area contributed by atoms with E-state index in [1.807, 2.05) is 31.2 Å². The molecule has 0 aliphatic carbocycles. The van der Waals surface area contributed by atoms with Crippen molar-refractivity contribution < 1.29 is 14.3 Å². The van der Waals surface area contributed by atoms with Gasteiger partial charge in [-0.3, -0.25) is 9.89 Å². The normalized spacial score (nSPS) is 10.6. The monoisotopic (exact) mass is 317 g/mol. The highest BCUT2D eigenvalue weighted by molar-refractivity contribution is 5.92. The Morgan fingerprint density at radius 3 is 2.57 bits per heavy atom. The van der Waals surface area contributed by atoms with E-state index in [9.17, 15) is 4.79 Å². The standard InChI is InChI=1S/C17H23N3O3/c1-4-14-11-16(19-18-14)17(21)20(9-10-22-2)12-13-5-7-15(23-3)8-6-13/h5-8,11H,4,9-10,12H2,1-3H3,(H,18,19). The van der Waals surface area contributed by atoms with Crippen LogP contribution in [0.25, 0.3) is 0 Å². The predicted molar refractivity (Wildman–Crippen MR) is 87.6 cm³/mol. The Hall–Kier alpha value is -2.34. The maximum atomic E-state index is 12.7. The van der Waals surface area contributed by atoms with Crippen LogP contribution in [0.5, 0.6) is 5.75 Å². The Morgan fingerprint density at radius 2 is 2.00 bits per heavy atom. The van der Waals surface area contributed by atoms with Crippen molar-refractivity contribution >= 4 is 5.91 Å². The third kappa shape index (κ3) is 4.56. The van der Waals surface area contributed by atoms with E-state index in [4.69, 9.17) is 9.47 Å². The fourth-order valence-corrected chi connectivity index (χ4v) is 2.22. The Bertz CT molecular complexity index is 622. The van der Waals surface area contributed by atoms with Gasteiger partial charge in [0, 0.05) is 25.9 Å². The molecule has 0 spiro atoms. The lowest BCUT2D eigenvalue weighted by Gasteiger charge is -2.21. The molecule has 0 saturated heterocycles. The second kappa shape index (κ2) is 8.33. The van der Waals surface area contributed by atoms with Gasteiger partial charge in [0.15, 0.2) is 0 Å². The number of ether oxygens (including phenoxy) is 2. The molecule has 1 heterocycles. The number of carbonyl (C=O) groups excluding carboxylic acids is 1. The van der Waals surface area contributed by atoms with Crippen molar-refractivity contribution in [1.29, 1.82) is 0 Å². The van der Waals surface area contributed by atoms with Gasteiger partial charge in [-0.25, -0.2) is 0 Å². The maximum absolute atomic E-state index is 12.7. The van der Waals surface area contributed by atoms with E-state index in [1.165, 1.54) is 0 Å². The summed E-state index contributed by atoms with van der Waals surface area (Å²) < 4.78 is 10.3. The molecule has 124 valence electrons. The van der Waals surface area contributed by atoms with Crippen LogP contribution >= 0.6 is 0 Å². The molecule has 2 aromatic rings. The average molecular weight is 317 g/mol. The number of nitrogens with zero attached hydrogens (tertiary/aromatic N) is 2. The quantitative estimate of drug-likeness (QED) is 0.811. The van der Waals surface area contributed by atoms with Crippen molar-refractivity contribution in [1.82, 2.24) is 15.1 Å². The van der Waals surface area contributed by atoms with Gasteiger partial charge in [0.1, 0.15) is 11.4 Å². The smallest absolute Gasteiger partial charge is 0.274 e. The van der Waals surface area contributed by atoms with E-state index in [-0.39, 0.29) is 5.91 Å². The molecule has 1 amide bonds. The first-order valence-corrected chi connectivity index (χ1v) is 7.63. The van der Waals surface area contributed by atoms with E-state index in [2.05, 4.69) is 10.2 Å². The van der Waals surface area contributed by atoms with Crippen LogP contribution in [0.2, 0.25) is 0 Å². The highest BCUT2D eigenvalue weighted by Crippen LogP contribution is 2.14. The summed E-state index contributed by atoms with van der Waals surface area (Å²) >= 11 is 0. The van der Waals surface area contributed by atoms with Crippen molar-refractivity contribution in [3.05, 3.63) is 47.3 Å². The number of amides is 1. The molecule has 23 heavy (non-hydrogen) atoms. The second-order valence-electron chi connectivity index (χ2n) is 5.20. The zero-order valence-electron chi connectivity index (χ0n) is 13.8. The van der Waals surface area contributed by atoms with Crippen LogP contribution in [-0.2, 0) is 17.7 Å². The predicted octanol–water partition coefficient (Wildman–Crippen LogP) is 2.27. The molecule has 0 radical (unpaired) electrons. The molecule has 2 rings (SSSR count). The molecular weight excluding hydrogens is 294 g/mol. The molecule has 1 aromatic carbocycles. The average Bonchev–Trinajstić information content (AvgIpc) is 3.07. The minimum atomic E-state index is -0.103. The van der Waals surface area contributed by atoms with Gasteiger partial charge in [0.25, 0.3) is 5.91 Å². The van der Waals surface area contributed by atoms with Crippen LogP contribution in [0.15, 0.2) is 30.3 Å². The van der Waals surface area contributed by atoms with Crippen molar-refractivity contribution in [2.45, 2.75) is 19.9 Å². The van der Waals surface area contributed by atoms with E-state index < -0.39 is 0 Å². The molecule has 6 heteroatoms. The van der Waals surface area contributed by atoms with Crippen LogP contribution in [0, 0.1) is 0 Å². The number of hydrogen-bond acceptors (Lipinski definition) is 4. The third-order valence-corrected chi connectivity index (χ3v) is 3.62. The van der Waals surface area contributed by atoms with E-state index in [0.29, 0.717) is 25.4 Å². The number of H-pyrrole nitrogens is 1. The van der Waals surface area contributed by atoms with Gasteiger partial charge in [-0.15, -0.1) is 0 Å². The topological polar surface area (TPSA) is 67.5 Å². The number of rotatable bonds is 8. The highest BCUT2D eigenvalue weighted by atomic mass is 16.5. The van der Waals surface area contributed by atoms with Gasteiger partial charge in [-0.1, -0.05) is 19.1 Å². The largest absolute Gasteiger partial charge is 0.497 e. The van der Waals surface area contributed by atoms with Crippen LogP contribution < -0.4 is 4.74 Å². The second-order valence-corrected chi connectivity index (χ2v) is 5.20. The minimum absolute atomic E-state index is 0.103. The lowest BCUT2D eigenvalue weighted by Crippen LogP contribution is -2.33. The number of nitrogens with one attached hydrogen (secondary N) is 1. The highest BCUT2D eigenvalue weighted by Gasteiger charge is 2.18. The van der Waals surface area contributed by atoms with E-state index in [0.717, 1.165) is 23.4 Å². The Morgan fingerprint density at radius 1 is 1.26 bits per heavy atom. The Kier molecular flexibility index (Phi) is 6.17. The molecule has 1 aromatic heterocycles. The molecule has 6 nitrogen and oxygen atoms in total. The van der Waals surface area contributed by atoms with Crippen LogP contribution in [0.4, 0.5) is 0 Å². The number of benzene rings is 1. The Balaban J connectivity index is 2.12. The number of carbonyl (C=O) groups is 1. The first kappa shape index (κ1) is 17.0. The summed E-state index contributed by atoms with van der Waals surface area (Å²) in [5.41, 5.74) is 2.41. The SMILES string of the molecule is CCc1cc(C(=O)N(CCOC)Cc2ccc(OC)cc2)n[nH]1. The first-order chi connectivity index (χ1) is 11.2. The van der Waals surface area contributed by atoms with Crippen molar-refractivity contribution in [3.63, 3.8) is 0 Å². The summed E-state index contributed by atoms with van der Waals surface area (Å²) in [5.74, 6) is 0.692. The summed E-state index contributed by atoms with van der Waals surface area (Å²) in [6, 6.07) is 9.48. The number of methoxy groups -OCH3 is 2. The molecule has 0 bridgehead atoms. The van der Waals surface area contributed by atoms with Crippen molar-refractivity contribution in [2.75, 3.05) is 27.4 Å². The summed E-state index contributed by atoms with van der Waals surface area (Å²) in [7, 11) is 3.26. The first-order valence-electron chi connectivity index (χ1n) is 7.63. The zero-order chi connectivity index (χ0) is 16.7. The van der Waals surface area contributed by atoms with E-state index >= 15 is 0 Å². The molecule has 0 aliphatic heterocycles. The number of hydrogen-bond donors (Lipinski definition) is 1. The lowest BCUT2D eigenvalue weighted by atomic mass is 10.2. The molecule has 0 aliphatic rings. The zero-order valence-corrected chi connectivity index (χ0v) is 13.8. The number of aromatic amines is 1. The fourth-order valence-electron chi connectivity index (χ4n) is 2.22. The molecule has 0 unspecified atom stereocenters. The van der Waals surface area contributed by atoms with Crippen LogP contribution in [0.1, 0.15) is 28.7 Å². The van der Waals surface area contributed by atoms with Gasteiger partial charge in [-0.2, -0.15) is 5.10 Å². The van der Waals surface area contributed by atoms with Gasteiger partial charge in [0.05, 0.1) is 13.7 Å². The third-order valence-electron chi connectivity index (χ3n) is 3.62. The Labute approximate surface area is 136 Å². The number of aryl methyl sites for hydroxylation is 1. The summed E-state index contributed by atoms with van der Waals surface area (Å²) in [6.07, 6.45) is 0.816. The molecule has 0 saturated carbocycles. The molecule has 0 atom stereocenters. The lowest BCUT2D eigenvalue weighted by molar-refractivity contribution is 0.0674. The van der Waals surface area contributed by atoms with Gasteiger partial charge >= 0.3 is 0 Å².